The SMILES string of the molecule is CCCC(NC)C1(c2ccccc2)CCC1. The predicted octanol–water partition coefficient (Wildman–Crippen LogP) is 3.50. The first kappa shape index (κ1) is 11.7. The smallest absolute Gasteiger partial charge is 0.0161 e. The summed E-state index contributed by atoms with van der Waals surface area (Å²) in [4.78, 5) is 0. The molecule has 1 nitrogen and oxygen atoms in total. The number of hydrogen-bond donors (Lipinski definition) is 1. The van der Waals surface area contributed by atoms with E-state index in [9.17, 15) is 0 Å². The van der Waals surface area contributed by atoms with Crippen molar-refractivity contribution < 1.29 is 0 Å². The molecule has 0 saturated heterocycles. The highest BCUT2D eigenvalue weighted by Gasteiger charge is 2.44. The van der Waals surface area contributed by atoms with E-state index in [2.05, 4.69) is 49.6 Å². The zero-order valence-corrected chi connectivity index (χ0v) is 10.5. The lowest BCUT2D eigenvalue weighted by atomic mass is 9.59. The Morgan fingerprint density at radius 1 is 1.25 bits per heavy atom. The minimum absolute atomic E-state index is 0.423. The Morgan fingerprint density at radius 3 is 2.38 bits per heavy atom. The molecule has 0 amide bonds. The fourth-order valence-corrected chi connectivity index (χ4v) is 3.15. The lowest BCUT2D eigenvalue weighted by Crippen LogP contribution is -2.51. The van der Waals surface area contributed by atoms with E-state index < -0.39 is 0 Å². The van der Waals surface area contributed by atoms with Crippen LogP contribution < -0.4 is 5.32 Å². The summed E-state index contributed by atoms with van der Waals surface area (Å²) in [5, 5.41) is 3.54. The van der Waals surface area contributed by atoms with Crippen LogP contribution in [0.25, 0.3) is 0 Å². The standard InChI is InChI=1S/C15H23N/c1-3-8-14(16-2)15(11-7-12-15)13-9-5-4-6-10-13/h4-6,9-10,14,16H,3,7-8,11-12H2,1-2H3. The van der Waals surface area contributed by atoms with Gasteiger partial charge in [0.05, 0.1) is 0 Å². The van der Waals surface area contributed by atoms with Crippen LogP contribution in [-0.2, 0) is 5.41 Å². The van der Waals surface area contributed by atoms with Gasteiger partial charge in [0.1, 0.15) is 0 Å². The second kappa shape index (κ2) is 5.01. The summed E-state index contributed by atoms with van der Waals surface area (Å²) in [5.74, 6) is 0. The summed E-state index contributed by atoms with van der Waals surface area (Å²) in [6.07, 6.45) is 6.63. The Hall–Kier alpha value is -0.820. The molecule has 0 aromatic heterocycles. The third-order valence-electron chi connectivity index (χ3n) is 4.19. The van der Waals surface area contributed by atoms with Crippen LogP contribution >= 0.6 is 0 Å². The molecule has 1 N–H and O–H groups in total. The van der Waals surface area contributed by atoms with Crippen molar-refractivity contribution in [3.05, 3.63) is 35.9 Å². The van der Waals surface area contributed by atoms with Crippen molar-refractivity contribution in [3.8, 4) is 0 Å². The molecule has 0 aliphatic heterocycles. The molecule has 0 radical (unpaired) electrons. The highest BCUT2D eigenvalue weighted by molar-refractivity contribution is 5.30. The molecule has 0 bridgehead atoms. The van der Waals surface area contributed by atoms with Gasteiger partial charge < -0.3 is 5.32 Å². The van der Waals surface area contributed by atoms with Gasteiger partial charge in [-0.15, -0.1) is 0 Å². The molecule has 1 aliphatic rings. The molecule has 1 fully saturated rings. The topological polar surface area (TPSA) is 12.0 Å². The Kier molecular flexibility index (Phi) is 3.65. The number of rotatable bonds is 5. The zero-order valence-electron chi connectivity index (χ0n) is 10.5. The van der Waals surface area contributed by atoms with E-state index in [0.717, 1.165) is 0 Å². The first-order chi connectivity index (χ1) is 7.83. The third-order valence-corrected chi connectivity index (χ3v) is 4.19. The van der Waals surface area contributed by atoms with Crippen molar-refractivity contribution in [3.63, 3.8) is 0 Å². The second-order valence-electron chi connectivity index (χ2n) is 5.01. The van der Waals surface area contributed by atoms with Crippen LogP contribution in [-0.4, -0.2) is 13.1 Å². The lowest BCUT2D eigenvalue weighted by Gasteiger charge is -2.48. The van der Waals surface area contributed by atoms with Crippen LogP contribution in [0, 0.1) is 0 Å². The molecule has 16 heavy (non-hydrogen) atoms. The van der Waals surface area contributed by atoms with E-state index in [1.807, 2.05) is 0 Å². The van der Waals surface area contributed by atoms with Gasteiger partial charge in [-0.2, -0.15) is 0 Å². The Labute approximate surface area is 99.3 Å². The summed E-state index contributed by atoms with van der Waals surface area (Å²) in [6.45, 7) is 2.28. The molecule has 1 aromatic carbocycles. The van der Waals surface area contributed by atoms with Crippen molar-refractivity contribution in [2.24, 2.45) is 0 Å². The molecule has 1 unspecified atom stereocenters. The molecule has 1 saturated carbocycles. The third kappa shape index (κ3) is 1.89. The van der Waals surface area contributed by atoms with Gasteiger partial charge in [-0.05, 0) is 31.9 Å². The molecule has 1 aliphatic carbocycles. The maximum absolute atomic E-state index is 3.54. The van der Waals surface area contributed by atoms with Gasteiger partial charge in [0.2, 0.25) is 0 Å². The number of likely N-dealkylation sites (N-methyl/N-ethyl adjacent to an activating group) is 1. The fourth-order valence-electron chi connectivity index (χ4n) is 3.15. The van der Waals surface area contributed by atoms with Crippen molar-refractivity contribution in [1.82, 2.24) is 5.32 Å². The van der Waals surface area contributed by atoms with Crippen LogP contribution in [0.1, 0.15) is 44.6 Å². The average molecular weight is 217 g/mol. The van der Waals surface area contributed by atoms with Crippen LogP contribution in [0.2, 0.25) is 0 Å². The average Bonchev–Trinajstić information content (AvgIpc) is 2.28. The highest BCUT2D eigenvalue weighted by Crippen LogP contribution is 2.47. The van der Waals surface area contributed by atoms with Crippen LogP contribution in [0.5, 0.6) is 0 Å². The summed E-state index contributed by atoms with van der Waals surface area (Å²) < 4.78 is 0. The summed E-state index contributed by atoms with van der Waals surface area (Å²) in [5.41, 5.74) is 1.96. The molecule has 88 valence electrons. The van der Waals surface area contributed by atoms with Gasteiger partial charge >= 0.3 is 0 Å². The van der Waals surface area contributed by atoms with Crippen molar-refractivity contribution in [1.29, 1.82) is 0 Å². The first-order valence-corrected chi connectivity index (χ1v) is 6.56. The Morgan fingerprint density at radius 2 is 1.94 bits per heavy atom. The summed E-state index contributed by atoms with van der Waals surface area (Å²) in [6, 6.07) is 11.7. The number of benzene rings is 1. The summed E-state index contributed by atoms with van der Waals surface area (Å²) >= 11 is 0. The highest BCUT2D eigenvalue weighted by atomic mass is 14.9. The quantitative estimate of drug-likeness (QED) is 0.796. The zero-order chi connectivity index (χ0) is 11.4. The fraction of sp³-hybridized carbons (Fsp3) is 0.600. The molecule has 1 atom stereocenters. The molecule has 1 heteroatoms. The Bertz CT molecular complexity index is 313. The summed E-state index contributed by atoms with van der Waals surface area (Å²) in [7, 11) is 2.11. The number of nitrogens with one attached hydrogen (secondary N) is 1. The van der Waals surface area contributed by atoms with E-state index in [1.54, 1.807) is 0 Å². The maximum atomic E-state index is 3.54. The normalized spacial score (nSPS) is 20.1. The lowest BCUT2D eigenvalue weighted by molar-refractivity contribution is 0.167. The second-order valence-corrected chi connectivity index (χ2v) is 5.01. The van der Waals surface area contributed by atoms with E-state index in [1.165, 1.54) is 37.7 Å². The van der Waals surface area contributed by atoms with Crippen LogP contribution in [0.4, 0.5) is 0 Å². The van der Waals surface area contributed by atoms with E-state index in [4.69, 9.17) is 0 Å². The number of hydrogen-bond acceptors (Lipinski definition) is 1. The van der Waals surface area contributed by atoms with Crippen LogP contribution in [0.3, 0.4) is 0 Å². The van der Waals surface area contributed by atoms with Crippen molar-refractivity contribution in [2.75, 3.05) is 7.05 Å². The van der Waals surface area contributed by atoms with Crippen LogP contribution in [0.15, 0.2) is 30.3 Å². The minimum atomic E-state index is 0.423. The van der Waals surface area contributed by atoms with E-state index in [0.29, 0.717) is 11.5 Å². The molecule has 1 aromatic rings. The monoisotopic (exact) mass is 217 g/mol. The van der Waals surface area contributed by atoms with Crippen molar-refractivity contribution in [2.45, 2.75) is 50.5 Å². The molecule has 2 rings (SSSR count). The first-order valence-electron chi connectivity index (χ1n) is 6.56. The van der Waals surface area contributed by atoms with Gasteiger partial charge in [0, 0.05) is 11.5 Å². The Balaban J connectivity index is 2.25. The van der Waals surface area contributed by atoms with E-state index >= 15 is 0 Å². The van der Waals surface area contributed by atoms with Gasteiger partial charge in [0.25, 0.3) is 0 Å². The molecule has 0 heterocycles. The molecule has 0 spiro atoms. The van der Waals surface area contributed by atoms with Gasteiger partial charge in [-0.25, -0.2) is 0 Å². The van der Waals surface area contributed by atoms with E-state index in [-0.39, 0.29) is 0 Å². The van der Waals surface area contributed by atoms with Crippen molar-refractivity contribution >= 4 is 0 Å². The maximum Gasteiger partial charge on any atom is 0.0161 e. The van der Waals surface area contributed by atoms with Gasteiger partial charge in [0.15, 0.2) is 0 Å². The molecular weight excluding hydrogens is 194 g/mol. The van der Waals surface area contributed by atoms with Gasteiger partial charge in [-0.1, -0.05) is 50.1 Å². The van der Waals surface area contributed by atoms with Gasteiger partial charge in [-0.3, -0.25) is 0 Å². The molecular formula is C15H23N. The minimum Gasteiger partial charge on any atom is -0.316 e. The largest absolute Gasteiger partial charge is 0.316 e. The predicted molar refractivity (Wildman–Crippen MR) is 69.7 cm³/mol.